The Labute approximate surface area is 166 Å². The Morgan fingerprint density at radius 1 is 1.29 bits per heavy atom. The van der Waals surface area contributed by atoms with Crippen molar-refractivity contribution in [1.82, 2.24) is 20.0 Å². The standard InChI is InChI=1S/C22H30N4O2/c27-22(10-9-19-14-20-15-23-11-5-12-26(20)24-19)25(17-21-8-4-13-28-21)16-18-6-2-1-3-7-18/h1-3,6-7,14,21,23H,4-5,8-13,15-17H2/t21-/m0/s1. The summed E-state index contributed by atoms with van der Waals surface area (Å²) in [5, 5.41) is 8.13. The molecular weight excluding hydrogens is 352 g/mol. The van der Waals surface area contributed by atoms with Crippen molar-refractivity contribution < 1.29 is 9.53 Å². The number of aryl methyl sites for hydroxylation is 2. The van der Waals surface area contributed by atoms with Crippen LogP contribution >= 0.6 is 0 Å². The number of ether oxygens (including phenoxy) is 1. The first-order valence-electron chi connectivity index (χ1n) is 10.5. The van der Waals surface area contributed by atoms with Crippen LogP contribution in [0.4, 0.5) is 0 Å². The van der Waals surface area contributed by atoms with Crippen molar-refractivity contribution in [1.29, 1.82) is 0 Å². The van der Waals surface area contributed by atoms with Gasteiger partial charge in [-0.3, -0.25) is 9.48 Å². The number of nitrogens with zero attached hydrogens (tertiary/aromatic N) is 3. The first-order chi connectivity index (χ1) is 13.8. The molecule has 2 aliphatic rings. The van der Waals surface area contributed by atoms with Gasteiger partial charge < -0.3 is 15.0 Å². The number of rotatable bonds is 7. The van der Waals surface area contributed by atoms with Crippen molar-refractivity contribution >= 4 is 5.91 Å². The van der Waals surface area contributed by atoms with Gasteiger partial charge in [-0.15, -0.1) is 0 Å². The van der Waals surface area contributed by atoms with Crippen molar-refractivity contribution in [3.63, 3.8) is 0 Å². The van der Waals surface area contributed by atoms with E-state index in [1.165, 1.54) is 5.69 Å². The molecule has 6 nitrogen and oxygen atoms in total. The van der Waals surface area contributed by atoms with Crippen LogP contribution in [-0.4, -0.2) is 46.4 Å². The van der Waals surface area contributed by atoms with E-state index in [-0.39, 0.29) is 12.0 Å². The van der Waals surface area contributed by atoms with E-state index in [1.54, 1.807) is 0 Å². The minimum absolute atomic E-state index is 0.169. The fourth-order valence-electron chi connectivity index (χ4n) is 4.03. The van der Waals surface area contributed by atoms with E-state index >= 15 is 0 Å². The molecule has 150 valence electrons. The lowest BCUT2D eigenvalue weighted by molar-refractivity contribution is -0.133. The number of nitrogens with one attached hydrogen (secondary N) is 1. The van der Waals surface area contributed by atoms with E-state index in [9.17, 15) is 4.79 Å². The Morgan fingerprint density at radius 2 is 2.18 bits per heavy atom. The lowest BCUT2D eigenvalue weighted by atomic mass is 10.1. The molecule has 0 unspecified atom stereocenters. The second-order valence-corrected chi connectivity index (χ2v) is 7.78. The fraction of sp³-hybridized carbons (Fsp3) is 0.545. The normalized spacial score (nSPS) is 19.2. The zero-order chi connectivity index (χ0) is 19.2. The van der Waals surface area contributed by atoms with Gasteiger partial charge in [0.15, 0.2) is 0 Å². The number of hydrogen-bond donors (Lipinski definition) is 1. The maximum Gasteiger partial charge on any atom is 0.223 e. The molecule has 6 heteroatoms. The summed E-state index contributed by atoms with van der Waals surface area (Å²) in [7, 11) is 0. The predicted octanol–water partition coefficient (Wildman–Crippen LogP) is 2.52. The predicted molar refractivity (Wildman–Crippen MR) is 108 cm³/mol. The van der Waals surface area contributed by atoms with Gasteiger partial charge in [-0.05, 0) is 37.4 Å². The Hall–Kier alpha value is -2.18. The molecule has 0 bridgehead atoms. The minimum atomic E-state index is 0.169. The van der Waals surface area contributed by atoms with Crippen molar-refractivity contribution in [2.75, 3.05) is 19.7 Å². The Balaban J connectivity index is 1.38. The number of carbonyl (C=O) groups is 1. The van der Waals surface area contributed by atoms with Gasteiger partial charge in [0.25, 0.3) is 0 Å². The summed E-state index contributed by atoms with van der Waals surface area (Å²) in [6.45, 7) is 4.98. The van der Waals surface area contributed by atoms with Gasteiger partial charge in [-0.2, -0.15) is 5.10 Å². The molecule has 1 N–H and O–H groups in total. The average Bonchev–Trinajstić information content (AvgIpc) is 3.31. The Bertz CT molecular complexity index is 745. The highest BCUT2D eigenvalue weighted by atomic mass is 16.5. The van der Waals surface area contributed by atoms with Crippen molar-refractivity contribution in [2.45, 2.75) is 57.8 Å². The van der Waals surface area contributed by atoms with Gasteiger partial charge in [0.1, 0.15) is 0 Å². The highest BCUT2D eigenvalue weighted by Gasteiger charge is 2.23. The van der Waals surface area contributed by atoms with E-state index in [2.05, 4.69) is 28.2 Å². The molecule has 0 aliphatic carbocycles. The number of hydrogen-bond acceptors (Lipinski definition) is 4. The van der Waals surface area contributed by atoms with Crippen LogP contribution in [0, 0.1) is 0 Å². The molecule has 2 aromatic rings. The lowest BCUT2D eigenvalue weighted by Crippen LogP contribution is -2.37. The third kappa shape index (κ3) is 5.00. The van der Waals surface area contributed by atoms with Crippen molar-refractivity contribution in [2.24, 2.45) is 0 Å². The van der Waals surface area contributed by atoms with Gasteiger partial charge in [0.05, 0.1) is 17.5 Å². The van der Waals surface area contributed by atoms with E-state index in [0.29, 0.717) is 25.9 Å². The fourth-order valence-corrected chi connectivity index (χ4v) is 4.03. The number of fused-ring (bicyclic) bond motifs is 1. The maximum atomic E-state index is 13.0. The summed E-state index contributed by atoms with van der Waals surface area (Å²) in [6, 6.07) is 12.4. The molecular formula is C22H30N4O2. The second kappa shape index (κ2) is 9.34. The maximum absolute atomic E-state index is 13.0. The summed E-state index contributed by atoms with van der Waals surface area (Å²) in [5.74, 6) is 0.181. The molecule has 1 fully saturated rings. The molecule has 3 heterocycles. The van der Waals surface area contributed by atoms with Crippen molar-refractivity contribution in [3.05, 3.63) is 53.3 Å². The van der Waals surface area contributed by atoms with Crippen LogP contribution in [0.3, 0.4) is 0 Å². The quantitative estimate of drug-likeness (QED) is 0.799. The SMILES string of the molecule is O=C(CCc1cc2n(n1)CCCNC2)N(Cc1ccccc1)C[C@@H]1CCCO1. The van der Waals surface area contributed by atoms with Crippen LogP contribution in [0.15, 0.2) is 36.4 Å². The first kappa shape index (κ1) is 19.2. The number of benzene rings is 1. The summed E-state index contributed by atoms with van der Waals surface area (Å²) in [4.78, 5) is 15.0. The molecule has 1 atom stereocenters. The molecule has 4 rings (SSSR count). The molecule has 2 aliphatic heterocycles. The first-order valence-corrected chi connectivity index (χ1v) is 10.5. The van der Waals surface area contributed by atoms with Gasteiger partial charge in [0, 0.05) is 45.6 Å². The van der Waals surface area contributed by atoms with Crippen LogP contribution in [0.25, 0.3) is 0 Å². The Morgan fingerprint density at radius 3 is 3.00 bits per heavy atom. The number of carbonyl (C=O) groups excluding carboxylic acids is 1. The molecule has 1 aromatic heterocycles. The van der Waals surface area contributed by atoms with Gasteiger partial charge in [-0.1, -0.05) is 30.3 Å². The number of amides is 1. The molecule has 1 aromatic carbocycles. The third-order valence-corrected chi connectivity index (χ3v) is 5.56. The van der Waals surface area contributed by atoms with E-state index in [0.717, 1.165) is 56.8 Å². The average molecular weight is 383 g/mol. The molecule has 0 saturated carbocycles. The summed E-state index contributed by atoms with van der Waals surface area (Å²) in [5.41, 5.74) is 3.40. The van der Waals surface area contributed by atoms with E-state index in [4.69, 9.17) is 9.84 Å². The molecule has 28 heavy (non-hydrogen) atoms. The Kier molecular flexibility index (Phi) is 6.39. The van der Waals surface area contributed by atoms with Crippen LogP contribution in [0.1, 0.15) is 42.6 Å². The van der Waals surface area contributed by atoms with Crippen LogP contribution < -0.4 is 5.32 Å². The van der Waals surface area contributed by atoms with Gasteiger partial charge in [0.2, 0.25) is 5.91 Å². The van der Waals surface area contributed by atoms with Crippen LogP contribution in [-0.2, 0) is 35.6 Å². The van der Waals surface area contributed by atoms with Gasteiger partial charge >= 0.3 is 0 Å². The summed E-state index contributed by atoms with van der Waals surface area (Å²) >= 11 is 0. The minimum Gasteiger partial charge on any atom is -0.376 e. The zero-order valence-corrected chi connectivity index (χ0v) is 16.5. The summed E-state index contributed by atoms with van der Waals surface area (Å²) < 4.78 is 7.88. The largest absolute Gasteiger partial charge is 0.376 e. The monoisotopic (exact) mass is 382 g/mol. The van der Waals surface area contributed by atoms with Crippen molar-refractivity contribution in [3.8, 4) is 0 Å². The summed E-state index contributed by atoms with van der Waals surface area (Å²) in [6.07, 6.45) is 4.58. The van der Waals surface area contributed by atoms with E-state index < -0.39 is 0 Å². The molecule has 1 amide bonds. The van der Waals surface area contributed by atoms with E-state index in [1.807, 2.05) is 23.1 Å². The van der Waals surface area contributed by atoms with Crippen LogP contribution in [0.2, 0.25) is 0 Å². The zero-order valence-electron chi connectivity index (χ0n) is 16.5. The molecule has 0 radical (unpaired) electrons. The lowest BCUT2D eigenvalue weighted by Gasteiger charge is -2.25. The van der Waals surface area contributed by atoms with Gasteiger partial charge in [-0.25, -0.2) is 0 Å². The third-order valence-electron chi connectivity index (χ3n) is 5.56. The number of aromatic nitrogens is 2. The highest BCUT2D eigenvalue weighted by Crippen LogP contribution is 2.17. The topological polar surface area (TPSA) is 59.4 Å². The van der Waals surface area contributed by atoms with Crippen LogP contribution in [0.5, 0.6) is 0 Å². The smallest absolute Gasteiger partial charge is 0.223 e. The molecule has 1 saturated heterocycles. The second-order valence-electron chi connectivity index (χ2n) is 7.78. The highest BCUT2D eigenvalue weighted by molar-refractivity contribution is 5.76. The molecule has 0 spiro atoms.